The summed E-state index contributed by atoms with van der Waals surface area (Å²) in [6.45, 7) is 6.13. The van der Waals surface area contributed by atoms with Crippen LogP contribution in [0.5, 0.6) is 11.6 Å². The number of nitrogens with zero attached hydrogens (tertiary/aromatic N) is 3. The molecule has 0 bridgehead atoms. The van der Waals surface area contributed by atoms with Gasteiger partial charge in [0, 0.05) is 56.0 Å². The molecule has 1 unspecified atom stereocenters. The molecule has 2 aromatic rings. The van der Waals surface area contributed by atoms with E-state index in [-0.39, 0.29) is 41.5 Å². The fourth-order valence-electron chi connectivity index (χ4n) is 5.46. The van der Waals surface area contributed by atoms with Crippen LogP contribution in [0.15, 0.2) is 30.3 Å². The minimum Gasteiger partial charge on any atom is -0.486 e. The third-order valence-corrected chi connectivity index (χ3v) is 8.07. The number of nitrogens with one attached hydrogen (secondary N) is 1. The summed E-state index contributed by atoms with van der Waals surface area (Å²) in [5.74, 6) is 0.973. The van der Waals surface area contributed by atoms with Crippen LogP contribution in [0.2, 0.25) is 5.02 Å². The highest BCUT2D eigenvalue weighted by Gasteiger charge is 2.40. The SMILES string of the molecule is COc1nc(N2CCC(C(C)(C)O)C2)c(O[C@H]2CCN3C(=O)OC[C@@H]3C2)cc1C(=O)NCc1ccc(Cl)cc1. The van der Waals surface area contributed by atoms with E-state index < -0.39 is 5.60 Å². The molecular formula is C28H35ClN4O6. The molecule has 1 aromatic carbocycles. The van der Waals surface area contributed by atoms with E-state index in [2.05, 4.69) is 10.2 Å². The normalized spacial score (nSPS) is 22.9. The van der Waals surface area contributed by atoms with Crippen molar-refractivity contribution in [1.29, 1.82) is 0 Å². The van der Waals surface area contributed by atoms with E-state index in [9.17, 15) is 14.7 Å². The first kappa shape index (κ1) is 27.3. The Morgan fingerprint density at radius 3 is 2.72 bits per heavy atom. The van der Waals surface area contributed by atoms with E-state index in [0.29, 0.717) is 62.2 Å². The second kappa shape index (κ2) is 11.1. The molecule has 1 aromatic heterocycles. The Bertz CT molecular complexity index is 1220. The quantitative estimate of drug-likeness (QED) is 0.505. The summed E-state index contributed by atoms with van der Waals surface area (Å²) in [5, 5.41) is 14.2. The number of hydrogen-bond acceptors (Lipinski definition) is 8. The van der Waals surface area contributed by atoms with Gasteiger partial charge in [-0.05, 0) is 38.0 Å². The van der Waals surface area contributed by atoms with Crippen molar-refractivity contribution >= 4 is 29.4 Å². The molecule has 0 aliphatic carbocycles. The topological polar surface area (TPSA) is 113 Å². The Morgan fingerprint density at radius 2 is 2.03 bits per heavy atom. The van der Waals surface area contributed by atoms with Crippen LogP contribution in [-0.4, -0.2) is 78.1 Å². The van der Waals surface area contributed by atoms with E-state index in [1.54, 1.807) is 23.1 Å². The fourth-order valence-corrected chi connectivity index (χ4v) is 5.59. The highest BCUT2D eigenvalue weighted by molar-refractivity contribution is 6.30. The molecule has 5 rings (SSSR count). The fraction of sp³-hybridized carbons (Fsp3) is 0.536. The maximum Gasteiger partial charge on any atom is 0.410 e. The van der Waals surface area contributed by atoms with Crippen LogP contribution in [0.4, 0.5) is 10.6 Å². The minimum atomic E-state index is -0.830. The Morgan fingerprint density at radius 1 is 1.26 bits per heavy atom. The third-order valence-electron chi connectivity index (χ3n) is 7.82. The molecule has 0 spiro atoms. The Kier molecular flexibility index (Phi) is 7.77. The van der Waals surface area contributed by atoms with Crippen LogP contribution in [-0.2, 0) is 11.3 Å². The predicted octanol–water partition coefficient (Wildman–Crippen LogP) is 3.63. The van der Waals surface area contributed by atoms with Gasteiger partial charge in [0.2, 0.25) is 5.88 Å². The van der Waals surface area contributed by atoms with Gasteiger partial charge < -0.3 is 34.4 Å². The highest BCUT2D eigenvalue weighted by Crippen LogP contribution is 2.39. The number of carbonyl (C=O) groups excluding carboxylic acids is 2. The van der Waals surface area contributed by atoms with Crippen LogP contribution in [0, 0.1) is 5.92 Å². The molecule has 39 heavy (non-hydrogen) atoms. The van der Waals surface area contributed by atoms with Gasteiger partial charge in [0.05, 0.1) is 18.8 Å². The number of cyclic esters (lactones) is 1. The van der Waals surface area contributed by atoms with Crippen molar-refractivity contribution in [3.8, 4) is 11.6 Å². The molecule has 4 heterocycles. The van der Waals surface area contributed by atoms with Gasteiger partial charge in [0.15, 0.2) is 11.6 Å². The van der Waals surface area contributed by atoms with Gasteiger partial charge in [-0.2, -0.15) is 4.98 Å². The van der Waals surface area contributed by atoms with Crippen LogP contribution in [0.25, 0.3) is 0 Å². The highest BCUT2D eigenvalue weighted by atomic mass is 35.5. The average Bonchev–Trinajstić information content (AvgIpc) is 3.55. The molecule has 3 aliphatic heterocycles. The zero-order valence-electron chi connectivity index (χ0n) is 22.5. The van der Waals surface area contributed by atoms with Crippen molar-refractivity contribution in [3.63, 3.8) is 0 Å². The lowest BCUT2D eigenvalue weighted by Gasteiger charge is -2.33. The number of anilines is 1. The van der Waals surface area contributed by atoms with E-state index in [1.807, 2.05) is 26.0 Å². The molecule has 2 N–H and O–H groups in total. The Balaban J connectivity index is 1.41. The zero-order valence-corrected chi connectivity index (χ0v) is 23.2. The predicted molar refractivity (Wildman–Crippen MR) is 146 cm³/mol. The number of aliphatic hydroxyl groups is 1. The summed E-state index contributed by atoms with van der Waals surface area (Å²) in [5.41, 5.74) is 0.339. The molecule has 0 saturated carbocycles. The molecule has 3 fully saturated rings. The van der Waals surface area contributed by atoms with Gasteiger partial charge in [-0.25, -0.2) is 4.79 Å². The molecular weight excluding hydrogens is 524 g/mol. The zero-order chi connectivity index (χ0) is 27.7. The third kappa shape index (κ3) is 6.01. The van der Waals surface area contributed by atoms with Gasteiger partial charge >= 0.3 is 6.09 Å². The maximum atomic E-state index is 13.3. The van der Waals surface area contributed by atoms with Gasteiger partial charge in [-0.3, -0.25) is 4.79 Å². The summed E-state index contributed by atoms with van der Waals surface area (Å²) >= 11 is 5.98. The van der Waals surface area contributed by atoms with Crippen molar-refractivity contribution < 1.29 is 28.9 Å². The van der Waals surface area contributed by atoms with E-state index in [4.69, 9.17) is 30.8 Å². The van der Waals surface area contributed by atoms with Gasteiger partial charge in [-0.1, -0.05) is 23.7 Å². The van der Waals surface area contributed by atoms with E-state index in [1.165, 1.54) is 7.11 Å². The summed E-state index contributed by atoms with van der Waals surface area (Å²) in [6, 6.07) is 8.92. The number of methoxy groups -OCH3 is 1. The van der Waals surface area contributed by atoms with Crippen molar-refractivity contribution in [2.45, 2.75) is 57.4 Å². The largest absolute Gasteiger partial charge is 0.486 e. The summed E-state index contributed by atoms with van der Waals surface area (Å²) in [7, 11) is 1.49. The lowest BCUT2D eigenvalue weighted by atomic mass is 9.90. The van der Waals surface area contributed by atoms with Gasteiger partial charge in [0.25, 0.3) is 5.91 Å². The van der Waals surface area contributed by atoms with E-state index >= 15 is 0 Å². The molecule has 3 saturated heterocycles. The standard InChI is InChI=1S/C28H35ClN4O6/c1-28(2,36)18-8-10-32(15-18)24-23(39-21-9-11-33-20(12-21)16-38-27(33)35)13-22(26(31-24)37-3)25(34)30-14-17-4-6-19(29)7-5-17/h4-7,13,18,20-21,36H,8-12,14-16H2,1-3H3,(H,30,34)/t18?,20-,21-/m0/s1. The number of benzene rings is 1. The van der Waals surface area contributed by atoms with Crippen molar-refractivity contribution in [2.24, 2.45) is 5.92 Å². The smallest absolute Gasteiger partial charge is 0.410 e. The second-order valence-electron chi connectivity index (χ2n) is 10.9. The van der Waals surface area contributed by atoms with Crippen molar-refractivity contribution in [1.82, 2.24) is 15.2 Å². The molecule has 0 radical (unpaired) electrons. The molecule has 10 nitrogen and oxygen atoms in total. The second-order valence-corrected chi connectivity index (χ2v) is 11.4. The first-order chi connectivity index (χ1) is 18.6. The first-order valence-corrected chi connectivity index (χ1v) is 13.7. The Labute approximate surface area is 233 Å². The van der Waals surface area contributed by atoms with E-state index in [0.717, 1.165) is 12.0 Å². The van der Waals surface area contributed by atoms with Crippen molar-refractivity contribution in [2.75, 3.05) is 38.3 Å². The summed E-state index contributed by atoms with van der Waals surface area (Å²) < 4.78 is 17.3. The molecule has 3 atom stereocenters. The number of carbonyl (C=O) groups is 2. The number of amides is 2. The number of pyridine rings is 1. The van der Waals surface area contributed by atoms with Crippen LogP contribution < -0.4 is 19.7 Å². The summed E-state index contributed by atoms with van der Waals surface area (Å²) in [6.07, 6.45) is 1.62. The lowest BCUT2D eigenvalue weighted by Crippen LogP contribution is -2.44. The summed E-state index contributed by atoms with van der Waals surface area (Å²) in [4.78, 5) is 33.8. The molecule has 210 valence electrons. The number of fused-ring (bicyclic) bond motifs is 1. The monoisotopic (exact) mass is 558 g/mol. The lowest BCUT2D eigenvalue weighted by molar-refractivity contribution is 0.0263. The number of aromatic nitrogens is 1. The first-order valence-electron chi connectivity index (χ1n) is 13.3. The Hall–Kier alpha value is -3.24. The average molecular weight is 559 g/mol. The van der Waals surface area contributed by atoms with Crippen LogP contribution in [0.3, 0.4) is 0 Å². The number of piperidine rings is 1. The van der Waals surface area contributed by atoms with Crippen molar-refractivity contribution in [3.05, 3.63) is 46.5 Å². The van der Waals surface area contributed by atoms with Crippen LogP contribution >= 0.6 is 11.6 Å². The van der Waals surface area contributed by atoms with Gasteiger partial charge in [0.1, 0.15) is 18.3 Å². The number of rotatable bonds is 8. The molecule has 3 aliphatic rings. The minimum absolute atomic E-state index is 0.0283. The molecule has 11 heteroatoms. The number of hydrogen-bond donors (Lipinski definition) is 2. The maximum absolute atomic E-state index is 13.3. The van der Waals surface area contributed by atoms with Crippen LogP contribution in [0.1, 0.15) is 49.0 Å². The number of halogens is 1. The van der Waals surface area contributed by atoms with Gasteiger partial charge in [-0.15, -0.1) is 0 Å². The molecule has 2 amide bonds. The number of ether oxygens (including phenoxy) is 3.